The Morgan fingerprint density at radius 2 is 2.13 bits per heavy atom. The summed E-state index contributed by atoms with van der Waals surface area (Å²) in [6, 6.07) is 9.46. The van der Waals surface area contributed by atoms with Crippen molar-refractivity contribution in [1.82, 2.24) is 15.1 Å². The van der Waals surface area contributed by atoms with Crippen LogP contribution in [-0.2, 0) is 17.9 Å². The van der Waals surface area contributed by atoms with E-state index in [9.17, 15) is 4.79 Å². The van der Waals surface area contributed by atoms with Gasteiger partial charge in [0.25, 0.3) is 5.91 Å². The fourth-order valence-electron chi connectivity index (χ4n) is 2.77. The average molecular weight is 332 g/mol. The van der Waals surface area contributed by atoms with Crippen molar-refractivity contribution >= 4 is 17.5 Å². The summed E-state index contributed by atoms with van der Waals surface area (Å²) in [7, 11) is 0. The van der Waals surface area contributed by atoms with E-state index in [1.807, 2.05) is 35.0 Å². The summed E-state index contributed by atoms with van der Waals surface area (Å²) >= 11 is 5.92. The van der Waals surface area contributed by atoms with Crippen LogP contribution in [0, 0.1) is 5.92 Å². The number of hydrogen-bond donors (Lipinski definition) is 1. The highest BCUT2D eigenvalue weighted by atomic mass is 35.5. The van der Waals surface area contributed by atoms with Crippen LogP contribution in [0.15, 0.2) is 30.3 Å². The van der Waals surface area contributed by atoms with Gasteiger partial charge in [0.05, 0.1) is 18.8 Å². The van der Waals surface area contributed by atoms with Crippen LogP contribution in [0.2, 0.25) is 5.02 Å². The van der Waals surface area contributed by atoms with E-state index in [1.54, 1.807) is 0 Å². The maximum Gasteiger partial charge on any atom is 0.271 e. The lowest BCUT2D eigenvalue weighted by molar-refractivity contribution is -0.00119. The molecular weight excluding hydrogens is 314 g/mol. The molecule has 0 bridgehead atoms. The maximum atomic E-state index is 12.1. The van der Waals surface area contributed by atoms with Gasteiger partial charge in [-0.15, -0.1) is 0 Å². The Hall–Kier alpha value is -1.85. The van der Waals surface area contributed by atoms with Crippen LogP contribution < -0.4 is 5.32 Å². The van der Waals surface area contributed by atoms with Crippen molar-refractivity contribution in [3.8, 4) is 0 Å². The smallest absolute Gasteiger partial charge is 0.271 e. The molecule has 0 radical (unpaired) electrons. The third-order valence-corrected chi connectivity index (χ3v) is 4.61. The summed E-state index contributed by atoms with van der Waals surface area (Å²) in [5, 5.41) is 8.10. The molecule has 1 aliphatic carbocycles. The molecule has 1 N–H and O–H groups in total. The molecule has 4 rings (SSSR count). The van der Waals surface area contributed by atoms with Crippen molar-refractivity contribution < 1.29 is 9.53 Å². The van der Waals surface area contributed by atoms with Gasteiger partial charge in [0.1, 0.15) is 6.10 Å². The number of fused-ring (bicyclic) bond motifs is 1. The zero-order valence-corrected chi connectivity index (χ0v) is 13.4. The van der Waals surface area contributed by atoms with Gasteiger partial charge < -0.3 is 10.1 Å². The molecule has 1 atom stereocenters. The summed E-state index contributed by atoms with van der Waals surface area (Å²) in [4.78, 5) is 12.1. The summed E-state index contributed by atoms with van der Waals surface area (Å²) in [5.74, 6) is 0.565. The van der Waals surface area contributed by atoms with Gasteiger partial charge in [-0.3, -0.25) is 9.48 Å². The molecule has 1 aliphatic heterocycles. The number of halogens is 1. The second kappa shape index (κ2) is 5.98. The van der Waals surface area contributed by atoms with Gasteiger partial charge in [0, 0.05) is 11.6 Å². The van der Waals surface area contributed by atoms with Crippen LogP contribution in [0.5, 0.6) is 0 Å². The number of hydrogen-bond acceptors (Lipinski definition) is 3. The fourth-order valence-corrected chi connectivity index (χ4v) is 2.89. The lowest BCUT2D eigenvalue weighted by Crippen LogP contribution is -2.26. The summed E-state index contributed by atoms with van der Waals surface area (Å²) in [6.45, 7) is 1.81. The van der Waals surface area contributed by atoms with Gasteiger partial charge in [0.2, 0.25) is 0 Å². The number of aromatic nitrogens is 2. The molecule has 2 heterocycles. The van der Waals surface area contributed by atoms with Crippen LogP contribution in [-0.4, -0.2) is 22.2 Å². The van der Waals surface area contributed by atoms with Crippen molar-refractivity contribution in [2.24, 2.45) is 5.92 Å². The van der Waals surface area contributed by atoms with Crippen LogP contribution in [0.25, 0.3) is 0 Å². The molecule has 0 saturated heterocycles. The third kappa shape index (κ3) is 3.26. The maximum absolute atomic E-state index is 12.1. The van der Waals surface area contributed by atoms with E-state index in [4.69, 9.17) is 16.3 Å². The monoisotopic (exact) mass is 331 g/mol. The first-order valence-corrected chi connectivity index (χ1v) is 8.29. The normalized spacial score (nSPS) is 20.1. The predicted molar refractivity (Wildman–Crippen MR) is 86.3 cm³/mol. The minimum atomic E-state index is -0.0955. The van der Waals surface area contributed by atoms with E-state index >= 15 is 0 Å². The number of benzene rings is 1. The summed E-state index contributed by atoms with van der Waals surface area (Å²) in [6.07, 6.45) is 2.37. The summed E-state index contributed by atoms with van der Waals surface area (Å²) < 4.78 is 7.77. The highest BCUT2D eigenvalue weighted by Gasteiger charge is 2.25. The molecule has 1 amide bonds. The van der Waals surface area contributed by atoms with Gasteiger partial charge >= 0.3 is 0 Å². The molecule has 1 fully saturated rings. The SMILES string of the molecule is O=C(NCC1CC1)c1cc2n(n1)C[C@@H](c1ccc(Cl)cc1)OC2. The van der Waals surface area contributed by atoms with Gasteiger partial charge in [0.15, 0.2) is 5.69 Å². The molecule has 1 saturated carbocycles. The summed E-state index contributed by atoms with van der Waals surface area (Å²) in [5.41, 5.74) is 2.48. The average Bonchev–Trinajstić information content (AvgIpc) is 3.29. The van der Waals surface area contributed by atoms with E-state index in [1.165, 1.54) is 12.8 Å². The molecule has 2 aliphatic rings. The zero-order valence-electron chi connectivity index (χ0n) is 12.7. The van der Waals surface area contributed by atoms with Crippen LogP contribution in [0.3, 0.4) is 0 Å². The zero-order chi connectivity index (χ0) is 15.8. The number of nitrogens with one attached hydrogen (secondary N) is 1. The van der Waals surface area contributed by atoms with Crippen molar-refractivity contribution in [1.29, 1.82) is 0 Å². The van der Waals surface area contributed by atoms with Crippen LogP contribution in [0.1, 0.15) is 40.7 Å². The minimum Gasteiger partial charge on any atom is -0.365 e. The number of carbonyl (C=O) groups excluding carboxylic acids is 1. The van der Waals surface area contributed by atoms with Crippen molar-refractivity contribution in [3.05, 3.63) is 52.3 Å². The van der Waals surface area contributed by atoms with Crippen molar-refractivity contribution in [3.63, 3.8) is 0 Å². The Bertz CT molecular complexity index is 722. The van der Waals surface area contributed by atoms with E-state index in [0.717, 1.165) is 17.8 Å². The number of nitrogens with zero attached hydrogens (tertiary/aromatic N) is 2. The molecule has 1 aromatic carbocycles. The van der Waals surface area contributed by atoms with Gasteiger partial charge in [-0.2, -0.15) is 5.10 Å². The topological polar surface area (TPSA) is 56.2 Å². The molecular formula is C17H18ClN3O2. The Balaban J connectivity index is 1.46. The molecule has 120 valence electrons. The largest absolute Gasteiger partial charge is 0.365 e. The van der Waals surface area contributed by atoms with E-state index in [2.05, 4.69) is 10.4 Å². The van der Waals surface area contributed by atoms with E-state index in [0.29, 0.717) is 29.8 Å². The van der Waals surface area contributed by atoms with E-state index in [-0.39, 0.29) is 12.0 Å². The molecule has 0 unspecified atom stereocenters. The number of ether oxygens (including phenoxy) is 1. The van der Waals surface area contributed by atoms with Crippen LogP contribution in [0.4, 0.5) is 0 Å². The van der Waals surface area contributed by atoms with E-state index < -0.39 is 0 Å². The molecule has 1 aromatic heterocycles. The highest BCUT2D eigenvalue weighted by Crippen LogP contribution is 2.28. The van der Waals surface area contributed by atoms with Gasteiger partial charge in [-0.1, -0.05) is 23.7 Å². The van der Waals surface area contributed by atoms with Crippen LogP contribution >= 0.6 is 11.6 Å². The first-order valence-electron chi connectivity index (χ1n) is 7.91. The lowest BCUT2D eigenvalue weighted by atomic mass is 10.1. The second-order valence-electron chi connectivity index (χ2n) is 6.21. The lowest BCUT2D eigenvalue weighted by Gasteiger charge is -2.24. The molecule has 23 heavy (non-hydrogen) atoms. The Morgan fingerprint density at radius 3 is 2.87 bits per heavy atom. The fraction of sp³-hybridized carbons (Fsp3) is 0.412. The standard InChI is InChI=1S/C17H18ClN3O2/c18-13-5-3-12(4-6-13)16-9-21-14(10-23-16)7-15(20-21)17(22)19-8-11-1-2-11/h3-7,11,16H,1-2,8-10H2,(H,19,22)/t16-/m0/s1. The first-order chi connectivity index (χ1) is 11.2. The molecule has 2 aromatic rings. The third-order valence-electron chi connectivity index (χ3n) is 4.36. The highest BCUT2D eigenvalue weighted by molar-refractivity contribution is 6.30. The Labute approximate surface area is 139 Å². The molecule has 6 heteroatoms. The minimum absolute atomic E-state index is 0.0676. The first kappa shape index (κ1) is 14.7. The number of carbonyl (C=O) groups is 1. The number of rotatable bonds is 4. The Kier molecular flexibility index (Phi) is 3.83. The van der Waals surface area contributed by atoms with Gasteiger partial charge in [-0.25, -0.2) is 0 Å². The molecule has 0 spiro atoms. The molecule has 5 nitrogen and oxygen atoms in total. The number of amides is 1. The van der Waals surface area contributed by atoms with Crippen molar-refractivity contribution in [2.75, 3.05) is 6.54 Å². The predicted octanol–water partition coefficient (Wildman–Crippen LogP) is 2.95. The Morgan fingerprint density at radius 1 is 1.35 bits per heavy atom. The van der Waals surface area contributed by atoms with Gasteiger partial charge in [-0.05, 0) is 42.5 Å². The van der Waals surface area contributed by atoms with Crippen molar-refractivity contribution in [2.45, 2.75) is 32.1 Å². The second-order valence-corrected chi connectivity index (χ2v) is 6.64. The quantitative estimate of drug-likeness (QED) is 0.937.